The van der Waals surface area contributed by atoms with Crippen LogP contribution in [0.5, 0.6) is 5.75 Å². The molecular formula is C17H19ClN6O2S2. The van der Waals surface area contributed by atoms with Crippen molar-refractivity contribution in [3.05, 3.63) is 40.1 Å². The Morgan fingerprint density at radius 3 is 2.79 bits per heavy atom. The largest absolute Gasteiger partial charge is 0.484 e. The summed E-state index contributed by atoms with van der Waals surface area (Å²) in [5, 5.41) is 21.6. The van der Waals surface area contributed by atoms with Crippen molar-refractivity contribution in [3.8, 4) is 5.75 Å². The van der Waals surface area contributed by atoms with Crippen LogP contribution in [-0.4, -0.2) is 36.6 Å². The number of halogens is 1. The number of nitrogens with zero attached hydrogens (tertiary/aromatic N) is 5. The molecule has 3 aromatic rings. The van der Waals surface area contributed by atoms with Gasteiger partial charge in [-0.15, -0.1) is 20.4 Å². The van der Waals surface area contributed by atoms with Gasteiger partial charge in [0.15, 0.2) is 11.0 Å². The predicted molar refractivity (Wildman–Crippen MR) is 110 cm³/mol. The minimum absolute atomic E-state index is 0.164. The van der Waals surface area contributed by atoms with Crippen LogP contribution in [0.3, 0.4) is 0 Å². The third-order valence-electron chi connectivity index (χ3n) is 3.65. The summed E-state index contributed by atoms with van der Waals surface area (Å²) < 4.78 is 7.65. The van der Waals surface area contributed by atoms with Gasteiger partial charge in [0.2, 0.25) is 11.0 Å². The molecule has 0 bridgehead atoms. The van der Waals surface area contributed by atoms with E-state index in [4.69, 9.17) is 16.3 Å². The fourth-order valence-electron chi connectivity index (χ4n) is 2.29. The minimum Gasteiger partial charge on any atom is -0.484 e. The first kappa shape index (κ1) is 20.6. The van der Waals surface area contributed by atoms with Crippen LogP contribution >= 0.6 is 34.7 Å². The Balaban J connectivity index is 1.57. The van der Waals surface area contributed by atoms with Gasteiger partial charge in [-0.25, -0.2) is 0 Å². The lowest BCUT2D eigenvalue weighted by Crippen LogP contribution is -2.14. The van der Waals surface area contributed by atoms with Gasteiger partial charge in [0, 0.05) is 6.54 Å². The fourth-order valence-corrected chi connectivity index (χ4v) is 3.99. The number of nitrogens with one attached hydrogen (secondary N) is 1. The summed E-state index contributed by atoms with van der Waals surface area (Å²) in [7, 11) is 0. The van der Waals surface area contributed by atoms with E-state index in [9.17, 15) is 4.79 Å². The molecule has 8 nitrogen and oxygen atoms in total. The van der Waals surface area contributed by atoms with Crippen LogP contribution in [-0.2, 0) is 24.4 Å². The van der Waals surface area contributed by atoms with E-state index in [1.807, 2.05) is 30.5 Å². The molecule has 0 aliphatic heterocycles. The number of carbonyl (C=O) groups is 1. The molecule has 1 amide bonds. The normalized spacial score (nSPS) is 10.8. The number of aryl methyl sites for hydroxylation is 1. The zero-order valence-corrected chi connectivity index (χ0v) is 17.8. The average Bonchev–Trinajstić information content (AvgIpc) is 3.31. The molecule has 148 valence electrons. The van der Waals surface area contributed by atoms with Crippen molar-refractivity contribution < 1.29 is 9.53 Å². The molecule has 2 heterocycles. The van der Waals surface area contributed by atoms with E-state index in [-0.39, 0.29) is 18.3 Å². The van der Waals surface area contributed by atoms with Crippen LogP contribution < -0.4 is 10.1 Å². The van der Waals surface area contributed by atoms with Crippen molar-refractivity contribution >= 4 is 45.7 Å². The van der Waals surface area contributed by atoms with Crippen molar-refractivity contribution in [1.29, 1.82) is 0 Å². The number of benzene rings is 1. The van der Waals surface area contributed by atoms with Crippen molar-refractivity contribution in [2.45, 2.75) is 38.6 Å². The first-order chi connectivity index (χ1) is 13.6. The molecular weight excluding hydrogens is 420 g/mol. The number of aromatic nitrogens is 5. The molecule has 1 N–H and O–H groups in total. The number of ether oxygens (including phenoxy) is 1. The second-order valence-electron chi connectivity index (χ2n) is 5.55. The smallest absolute Gasteiger partial charge is 0.236 e. The van der Waals surface area contributed by atoms with E-state index in [0.717, 1.165) is 11.4 Å². The lowest BCUT2D eigenvalue weighted by Gasteiger charge is -2.09. The zero-order valence-electron chi connectivity index (χ0n) is 15.4. The van der Waals surface area contributed by atoms with Gasteiger partial charge in [0.1, 0.15) is 17.4 Å². The Bertz CT molecular complexity index is 945. The maximum Gasteiger partial charge on any atom is 0.236 e. The third-order valence-corrected chi connectivity index (χ3v) is 5.91. The van der Waals surface area contributed by atoms with Gasteiger partial charge in [-0.05, 0) is 25.5 Å². The standard InChI is InChI=1S/C17H19ClN6O2S2/c1-3-15-21-22-16(28-15)19-14(25)10-27-17-23-20-13(24(17)4-2)9-26-12-8-6-5-7-11(12)18/h5-8H,3-4,9-10H2,1-2H3,(H,19,22,25). The zero-order chi connectivity index (χ0) is 19.9. The highest BCUT2D eigenvalue weighted by Gasteiger charge is 2.15. The topological polar surface area (TPSA) is 94.8 Å². The maximum absolute atomic E-state index is 12.1. The van der Waals surface area contributed by atoms with Gasteiger partial charge in [-0.1, -0.05) is 53.8 Å². The molecule has 28 heavy (non-hydrogen) atoms. The fraction of sp³-hybridized carbons (Fsp3) is 0.353. The van der Waals surface area contributed by atoms with Crippen LogP contribution in [0.1, 0.15) is 24.7 Å². The number of amides is 1. The summed E-state index contributed by atoms with van der Waals surface area (Å²) in [6.45, 7) is 4.88. The molecule has 0 aliphatic carbocycles. The number of para-hydroxylation sites is 1. The van der Waals surface area contributed by atoms with Crippen LogP contribution in [0.25, 0.3) is 0 Å². The first-order valence-corrected chi connectivity index (χ1v) is 10.8. The SMILES string of the molecule is CCc1nnc(NC(=O)CSc2nnc(COc3ccccc3Cl)n2CC)s1. The number of rotatable bonds is 9. The van der Waals surface area contributed by atoms with Crippen LogP contribution in [0.2, 0.25) is 5.02 Å². The molecule has 0 unspecified atom stereocenters. The lowest BCUT2D eigenvalue weighted by atomic mass is 10.3. The Labute approximate surface area is 175 Å². The molecule has 3 rings (SSSR count). The molecule has 0 spiro atoms. The number of carbonyl (C=O) groups excluding carboxylic acids is 1. The van der Waals surface area contributed by atoms with Gasteiger partial charge in [-0.2, -0.15) is 0 Å². The summed E-state index contributed by atoms with van der Waals surface area (Å²) in [5.74, 6) is 1.29. The molecule has 0 atom stereocenters. The highest BCUT2D eigenvalue weighted by molar-refractivity contribution is 7.99. The van der Waals surface area contributed by atoms with Crippen LogP contribution in [0, 0.1) is 0 Å². The molecule has 0 fully saturated rings. The van der Waals surface area contributed by atoms with Gasteiger partial charge >= 0.3 is 0 Å². The van der Waals surface area contributed by atoms with Gasteiger partial charge in [0.25, 0.3) is 0 Å². The highest BCUT2D eigenvalue weighted by atomic mass is 35.5. The molecule has 0 radical (unpaired) electrons. The summed E-state index contributed by atoms with van der Waals surface area (Å²) >= 11 is 8.79. The van der Waals surface area contributed by atoms with E-state index >= 15 is 0 Å². The molecule has 11 heteroatoms. The van der Waals surface area contributed by atoms with Crippen molar-refractivity contribution in [2.75, 3.05) is 11.1 Å². The van der Waals surface area contributed by atoms with E-state index < -0.39 is 0 Å². The molecule has 1 aromatic carbocycles. The quantitative estimate of drug-likeness (QED) is 0.509. The summed E-state index contributed by atoms with van der Waals surface area (Å²) in [6, 6.07) is 7.26. The average molecular weight is 439 g/mol. The first-order valence-electron chi connectivity index (χ1n) is 8.65. The Hall–Kier alpha value is -2.17. The summed E-state index contributed by atoms with van der Waals surface area (Å²) in [4.78, 5) is 12.1. The molecule has 2 aromatic heterocycles. The lowest BCUT2D eigenvalue weighted by molar-refractivity contribution is -0.113. The molecule has 0 saturated carbocycles. The van der Waals surface area contributed by atoms with Gasteiger partial charge in [-0.3, -0.25) is 10.1 Å². The van der Waals surface area contributed by atoms with Gasteiger partial charge in [0.05, 0.1) is 10.8 Å². The number of anilines is 1. The van der Waals surface area contributed by atoms with Crippen molar-refractivity contribution in [1.82, 2.24) is 25.0 Å². The highest BCUT2D eigenvalue weighted by Crippen LogP contribution is 2.25. The third kappa shape index (κ3) is 5.21. The van der Waals surface area contributed by atoms with Crippen LogP contribution in [0.15, 0.2) is 29.4 Å². The molecule has 0 aliphatic rings. The maximum atomic E-state index is 12.1. The summed E-state index contributed by atoms with van der Waals surface area (Å²) in [6.07, 6.45) is 0.793. The second kappa shape index (κ2) is 9.85. The Morgan fingerprint density at radius 1 is 1.25 bits per heavy atom. The van der Waals surface area contributed by atoms with Gasteiger partial charge < -0.3 is 9.30 Å². The number of thioether (sulfide) groups is 1. The number of hydrogen-bond acceptors (Lipinski definition) is 8. The molecule has 0 saturated heterocycles. The van der Waals surface area contributed by atoms with Crippen molar-refractivity contribution in [3.63, 3.8) is 0 Å². The predicted octanol–water partition coefficient (Wildman–Crippen LogP) is 3.68. The van der Waals surface area contributed by atoms with Crippen LogP contribution in [0.4, 0.5) is 5.13 Å². The summed E-state index contributed by atoms with van der Waals surface area (Å²) in [5.41, 5.74) is 0. The Kier molecular flexibility index (Phi) is 7.24. The van der Waals surface area contributed by atoms with E-state index in [2.05, 4.69) is 25.7 Å². The minimum atomic E-state index is -0.164. The van der Waals surface area contributed by atoms with E-state index in [1.54, 1.807) is 12.1 Å². The second-order valence-corrected chi connectivity index (χ2v) is 7.97. The monoisotopic (exact) mass is 438 g/mol. The van der Waals surface area contributed by atoms with Crippen molar-refractivity contribution in [2.24, 2.45) is 0 Å². The van der Waals surface area contributed by atoms with E-state index in [0.29, 0.717) is 33.4 Å². The van der Waals surface area contributed by atoms with E-state index in [1.165, 1.54) is 23.1 Å². The Morgan fingerprint density at radius 2 is 2.07 bits per heavy atom. The number of hydrogen-bond donors (Lipinski definition) is 1.